The molecule has 0 aliphatic carbocycles. The first-order valence-electron chi connectivity index (χ1n) is 7.97. The fourth-order valence-corrected chi connectivity index (χ4v) is 4.27. The number of carbonyl (C=O) groups excluding carboxylic acids is 2. The van der Waals surface area contributed by atoms with Crippen LogP contribution in [0, 0.1) is 0 Å². The van der Waals surface area contributed by atoms with Gasteiger partial charge in [0.2, 0.25) is 0 Å². The number of carbonyl (C=O) groups is 2. The van der Waals surface area contributed by atoms with Crippen molar-refractivity contribution in [3.63, 3.8) is 0 Å². The van der Waals surface area contributed by atoms with E-state index in [1.807, 2.05) is 0 Å². The largest absolute Gasteiger partial charge is 0.449 e. The molecule has 8 atom stereocenters. The zero-order valence-electron chi connectivity index (χ0n) is 13.9. The zero-order chi connectivity index (χ0) is 19.9. The lowest BCUT2D eigenvalue weighted by atomic mass is 9.93. The lowest BCUT2D eigenvalue weighted by molar-refractivity contribution is -0.539. The average molecular weight is 408 g/mol. The van der Waals surface area contributed by atoms with Crippen LogP contribution in [0.1, 0.15) is 0 Å². The Bertz CT molecular complexity index is 681. The molecule has 0 aromatic rings. The third-order valence-corrected chi connectivity index (χ3v) is 5.54. The minimum Gasteiger partial charge on any atom is -0.449 e. The van der Waals surface area contributed by atoms with Crippen LogP contribution in [0.3, 0.4) is 0 Å². The SMILES string of the molecule is NOC1COC23OC4(ON)C(=O)OC5C(ON)COC54OC2(ON)C(=O)OC13. The maximum absolute atomic E-state index is 12.7. The van der Waals surface area contributed by atoms with Gasteiger partial charge in [-0.2, -0.15) is 0 Å². The molecule has 5 fully saturated rings. The summed E-state index contributed by atoms with van der Waals surface area (Å²) in [6.07, 6.45) is -4.78. The van der Waals surface area contributed by atoms with Crippen LogP contribution in [0.4, 0.5) is 0 Å². The molecule has 0 amide bonds. The molecule has 8 N–H and O–H groups in total. The topological polar surface area (TPSA) is 231 Å². The second kappa shape index (κ2) is 5.53. The molecule has 0 aromatic carbocycles. The van der Waals surface area contributed by atoms with E-state index in [1.165, 1.54) is 0 Å². The number of ether oxygens (including phenoxy) is 6. The van der Waals surface area contributed by atoms with E-state index in [4.69, 9.17) is 71.4 Å². The van der Waals surface area contributed by atoms with E-state index >= 15 is 0 Å². The summed E-state index contributed by atoms with van der Waals surface area (Å²) < 4.78 is 33.2. The minimum absolute atomic E-state index is 0.246. The summed E-state index contributed by atoms with van der Waals surface area (Å²) in [4.78, 5) is 44.6. The second-order valence-electron chi connectivity index (χ2n) is 6.63. The zero-order valence-corrected chi connectivity index (χ0v) is 13.9. The summed E-state index contributed by atoms with van der Waals surface area (Å²) in [5.74, 6) is 9.12. The fourth-order valence-electron chi connectivity index (χ4n) is 4.27. The first-order valence-corrected chi connectivity index (χ1v) is 7.97. The van der Waals surface area contributed by atoms with Gasteiger partial charge in [-0.3, -0.25) is 28.8 Å². The van der Waals surface area contributed by atoms with Crippen molar-refractivity contribution in [2.75, 3.05) is 13.2 Å². The Balaban J connectivity index is 1.70. The van der Waals surface area contributed by atoms with E-state index in [2.05, 4.69) is 0 Å². The molecular weight excluding hydrogens is 392 g/mol. The van der Waals surface area contributed by atoms with Gasteiger partial charge in [0, 0.05) is 0 Å². The monoisotopic (exact) mass is 408 g/mol. The first kappa shape index (κ1) is 18.5. The molecule has 5 aliphatic rings. The van der Waals surface area contributed by atoms with Crippen LogP contribution >= 0.6 is 0 Å². The van der Waals surface area contributed by atoms with Gasteiger partial charge >= 0.3 is 23.5 Å². The van der Waals surface area contributed by atoms with Crippen LogP contribution in [-0.4, -0.2) is 72.7 Å². The maximum Gasteiger partial charge on any atom is 0.375 e. The van der Waals surface area contributed by atoms with E-state index < -0.39 is 59.5 Å². The highest BCUT2D eigenvalue weighted by atomic mass is 17.0. The van der Waals surface area contributed by atoms with Crippen molar-refractivity contribution < 1.29 is 57.4 Å². The molecule has 2 spiro atoms. The smallest absolute Gasteiger partial charge is 0.375 e. The van der Waals surface area contributed by atoms with Gasteiger partial charge in [-0.1, -0.05) is 0 Å². The Kier molecular flexibility index (Phi) is 3.65. The van der Waals surface area contributed by atoms with E-state index in [0.29, 0.717) is 0 Å². The standard InChI is InChI=1S/C12H16N4O12/c13-23-3-1-19-9-5(3)21-7(17)11(9,27-15)26-10-6(4(24-14)2-20-10)22-8(18)12(10,25-9)28-16/h3-6H,1-2,13-16H2. The number of esters is 2. The van der Waals surface area contributed by atoms with Gasteiger partial charge in [0.1, 0.15) is 12.2 Å². The average Bonchev–Trinajstić information content (AvgIpc) is 3.35. The second-order valence-corrected chi connectivity index (χ2v) is 6.63. The molecule has 28 heavy (non-hydrogen) atoms. The van der Waals surface area contributed by atoms with E-state index in [1.54, 1.807) is 0 Å². The lowest BCUT2D eigenvalue weighted by Crippen LogP contribution is -2.80. The highest BCUT2D eigenvalue weighted by Gasteiger charge is 2.93. The highest BCUT2D eigenvalue weighted by Crippen LogP contribution is 2.62. The van der Waals surface area contributed by atoms with Crippen molar-refractivity contribution in [1.82, 2.24) is 0 Å². The quantitative estimate of drug-likeness (QED) is 0.252. The van der Waals surface area contributed by atoms with Gasteiger partial charge in [-0.05, 0) is 0 Å². The molecule has 8 unspecified atom stereocenters. The van der Waals surface area contributed by atoms with Gasteiger partial charge in [0.25, 0.3) is 11.6 Å². The summed E-state index contributed by atoms with van der Waals surface area (Å²) in [6, 6.07) is 0. The molecule has 0 bridgehead atoms. The van der Waals surface area contributed by atoms with Gasteiger partial charge in [-0.25, -0.2) is 33.2 Å². The predicted molar refractivity (Wildman–Crippen MR) is 73.4 cm³/mol. The first-order chi connectivity index (χ1) is 13.4. The van der Waals surface area contributed by atoms with E-state index in [-0.39, 0.29) is 13.2 Å². The van der Waals surface area contributed by atoms with Crippen molar-refractivity contribution >= 4 is 11.9 Å². The molecule has 5 saturated heterocycles. The predicted octanol–water partition coefficient (Wildman–Crippen LogP) is -4.97. The van der Waals surface area contributed by atoms with Crippen LogP contribution in [0.25, 0.3) is 0 Å². The van der Waals surface area contributed by atoms with Crippen molar-refractivity contribution in [2.45, 2.75) is 47.6 Å². The molecule has 0 saturated carbocycles. The normalized spacial score (nSPS) is 54.0. The number of rotatable bonds is 4. The van der Waals surface area contributed by atoms with E-state index in [0.717, 1.165) is 0 Å². The van der Waals surface area contributed by atoms with Crippen LogP contribution < -0.4 is 23.6 Å². The molecule has 156 valence electrons. The number of hydrogen-bond donors (Lipinski definition) is 4. The van der Waals surface area contributed by atoms with Crippen LogP contribution in [0.2, 0.25) is 0 Å². The maximum atomic E-state index is 12.7. The Labute approximate surface area is 154 Å². The Morgan fingerprint density at radius 1 is 0.750 bits per heavy atom. The van der Waals surface area contributed by atoms with Crippen LogP contribution in [0.15, 0.2) is 0 Å². The summed E-state index contributed by atoms with van der Waals surface area (Å²) in [5.41, 5.74) is 0. The summed E-state index contributed by atoms with van der Waals surface area (Å²) in [7, 11) is 0. The minimum atomic E-state index is -2.58. The third-order valence-electron chi connectivity index (χ3n) is 5.54. The summed E-state index contributed by atoms with van der Waals surface area (Å²) in [5, 5.41) is 0. The van der Waals surface area contributed by atoms with Crippen LogP contribution in [0.5, 0.6) is 0 Å². The number of hydrogen-bond acceptors (Lipinski definition) is 16. The molecule has 16 heteroatoms. The van der Waals surface area contributed by atoms with Crippen molar-refractivity contribution in [1.29, 1.82) is 0 Å². The van der Waals surface area contributed by atoms with Crippen molar-refractivity contribution in [2.24, 2.45) is 23.6 Å². The molecule has 16 nitrogen and oxygen atoms in total. The van der Waals surface area contributed by atoms with Crippen molar-refractivity contribution in [3.05, 3.63) is 0 Å². The fraction of sp³-hybridized carbons (Fsp3) is 0.833. The van der Waals surface area contributed by atoms with Crippen LogP contribution in [-0.2, 0) is 57.4 Å². The highest BCUT2D eigenvalue weighted by molar-refractivity contribution is 5.86. The van der Waals surface area contributed by atoms with Gasteiger partial charge in [-0.15, -0.1) is 0 Å². The molecule has 5 rings (SSSR count). The summed E-state index contributed by atoms with van der Waals surface area (Å²) in [6.45, 7) is -0.491. The Morgan fingerprint density at radius 2 is 1.14 bits per heavy atom. The summed E-state index contributed by atoms with van der Waals surface area (Å²) >= 11 is 0. The van der Waals surface area contributed by atoms with Gasteiger partial charge in [0.05, 0.1) is 13.2 Å². The molecular formula is C12H16N4O12. The molecule has 5 aliphatic heterocycles. The third kappa shape index (κ3) is 1.65. The van der Waals surface area contributed by atoms with Gasteiger partial charge < -0.3 is 18.9 Å². The Morgan fingerprint density at radius 3 is 1.46 bits per heavy atom. The Hall–Kier alpha value is -1.54. The van der Waals surface area contributed by atoms with Crippen molar-refractivity contribution in [3.8, 4) is 0 Å². The number of nitrogens with two attached hydrogens (primary N) is 4. The molecule has 5 heterocycles. The van der Waals surface area contributed by atoms with E-state index in [9.17, 15) is 9.59 Å². The molecule has 0 aromatic heterocycles. The molecule has 0 radical (unpaired) electrons. The van der Waals surface area contributed by atoms with Gasteiger partial charge in [0.15, 0.2) is 12.2 Å². The lowest BCUT2D eigenvalue weighted by Gasteiger charge is -2.52.